The van der Waals surface area contributed by atoms with Crippen LogP contribution in [0.1, 0.15) is 37.8 Å². The summed E-state index contributed by atoms with van der Waals surface area (Å²) < 4.78 is 0. The van der Waals surface area contributed by atoms with E-state index in [0.717, 1.165) is 36.6 Å². The third kappa shape index (κ3) is 4.77. The standard InChI is InChI=1S/C16H22ClN3S/c1-4-7-18-10-15-14(8-11(2)3)20-16(21-15)13-6-5-12(17)9-19-13/h5-6,9,11,18H,4,7-8,10H2,1-3H3. The van der Waals surface area contributed by atoms with E-state index in [9.17, 15) is 0 Å². The fraction of sp³-hybridized carbons (Fsp3) is 0.500. The van der Waals surface area contributed by atoms with Crippen LogP contribution in [-0.2, 0) is 13.0 Å². The number of hydrogen-bond acceptors (Lipinski definition) is 4. The number of nitrogens with one attached hydrogen (secondary N) is 1. The molecule has 0 spiro atoms. The zero-order valence-electron chi connectivity index (χ0n) is 12.8. The van der Waals surface area contributed by atoms with Crippen molar-refractivity contribution in [2.45, 2.75) is 40.2 Å². The van der Waals surface area contributed by atoms with Gasteiger partial charge in [-0.3, -0.25) is 4.98 Å². The van der Waals surface area contributed by atoms with Crippen molar-refractivity contribution >= 4 is 22.9 Å². The van der Waals surface area contributed by atoms with Crippen molar-refractivity contribution in [3.05, 3.63) is 33.9 Å². The number of thiazole rings is 1. The highest BCUT2D eigenvalue weighted by Crippen LogP contribution is 2.28. The number of pyridine rings is 1. The van der Waals surface area contributed by atoms with Crippen molar-refractivity contribution < 1.29 is 0 Å². The Morgan fingerprint density at radius 3 is 2.76 bits per heavy atom. The van der Waals surface area contributed by atoms with E-state index in [2.05, 4.69) is 31.1 Å². The van der Waals surface area contributed by atoms with E-state index in [0.29, 0.717) is 10.9 Å². The maximum absolute atomic E-state index is 5.90. The summed E-state index contributed by atoms with van der Waals surface area (Å²) in [5, 5.41) is 5.10. The van der Waals surface area contributed by atoms with Crippen LogP contribution in [0.2, 0.25) is 5.02 Å². The Bertz CT molecular complexity index is 563. The normalized spacial score (nSPS) is 11.3. The van der Waals surface area contributed by atoms with Crippen LogP contribution in [0.25, 0.3) is 10.7 Å². The molecule has 0 atom stereocenters. The zero-order valence-corrected chi connectivity index (χ0v) is 14.4. The summed E-state index contributed by atoms with van der Waals surface area (Å²) in [5.41, 5.74) is 2.10. The van der Waals surface area contributed by atoms with E-state index in [-0.39, 0.29) is 0 Å². The molecule has 0 unspecified atom stereocenters. The quantitative estimate of drug-likeness (QED) is 0.759. The molecular formula is C16H22ClN3S. The fourth-order valence-electron chi connectivity index (χ4n) is 2.06. The Morgan fingerprint density at radius 1 is 1.33 bits per heavy atom. The molecule has 0 aliphatic heterocycles. The summed E-state index contributed by atoms with van der Waals surface area (Å²) in [6.07, 6.45) is 3.83. The maximum atomic E-state index is 5.90. The lowest BCUT2D eigenvalue weighted by Gasteiger charge is -2.05. The van der Waals surface area contributed by atoms with E-state index in [4.69, 9.17) is 16.6 Å². The predicted molar refractivity (Wildman–Crippen MR) is 90.9 cm³/mol. The molecule has 3 nitrogen and oxygen atoms in total. The minimum absolute atomic E-state index is 0.600. The van der Waals surface area contributed by atoms with Crippen molar-refractivity contribution in [2.75, 3.05) is 6.54 Å². The lowest BCUT2D eigenvalue weighted by Crippen LogP contribution is -2.14. The third-order valence-electron chi connectivity index (χ3n) is 3.04. The monoisotopic (exact) mass is 323 g/mol. The van der Waals surface area contributed by atoms with Crippen molar-refractivity contribution in [3.63, 3.8) is 0 Å². The summed E-state index contributed by atoms with van der Waals surface area (Å²) in [7, 11) is 0. The fourth-order valence-corrected chi connectivity index (χ4v) is 3.21. The molecule has 0 aromatic carbocycles. The number of halogens is 1. The minimum atomic E-state index is 0.600. The van der Waals surface area contributed by atoms with Crippen LogP contribution < -0.4 is 5.32 Å². The van der Waals surface area contributed by atoms with Crippen LogP contribution in [0, 0.1) is 5.92 Å². The maximum Gasteiger partial charge on any atom is 0.142 e. The summed E-state index contributed by atoms with van der Waals surface area (Å²) >= 11 is 7.63. The highest BCUT2D eigenvalue weighted by Gasteiger charge is 2.14. The molecule has 0 radical (unpaired) electrons. The van der Waals surface area contributed by atoms with Gasteiger partial charge in [-0.25, -0.2) is 4.98 Å². The Morgan fingerprint density at radius 2 is 2.14 bits per heavy atom. The van der Waals surface area contributed by atoms with Crippen LogP contribution in [-0.4, -0.2) is 16.5 Å². The van der Waals surface area contributed by atoms with Crippen molar-refractivity contribution in [2.24, 2.45) is 5.92 Å². The Kier molecular flexibility index (Phi) is 6.15. The first kappa shape index (κ1) is 16.4. The average molecular weight is 324 g/mol. The zero-order chi connectivity index (χ0) is 15.2. The van der Waals surface area contributed by atoms with Crippen LogP contribution >= 0.6 is 22.9 Å². The van der Waals surface area contributed by atoms with Crippen molar-refractivity contribution in [1.29, 1.82) is 0 Å². The van der Waals surface area contributed by atoms with Gasteiger partial charge in [-0.1, -0.05) is 32.4 Å². The van der Waals surface area contributed by atoms with Gasteiger partial charge in [0.1, 0.15) is 5.01 Å². The van der Waals surface area contributed by atoms with Gasteiger partial charge < -0.3 is 5.32 Å². The minimum Gasteiger partial charge on any atom is -0.312 e. The number of nitrogens with zero attached hydrogens (tertiary/aromatic N) is 2. The second-order valence-corrected chi connectivity index (χ2v) is 7.05. The molecule has 2 aromatic rings. The molecule has 0 aliphatic rings. The summed E-state index contributed by atoms with van der Waals surface area (Å²) in [4.78, 5) is 10.5. The van der Waals surface area contributed by atoms with E-state index in [1.165, 1.54) is 10.6 Å². The molecule has 0 fully saturated rings. The van der Waals surface area contributed by atoms with E-state index < -0.39 is 0 Å². The molecule has 1 N–H and O–H groups in total. The Hall–Kier alpha value is -0.970. The van der Waals surface area contributed by atoms with Gasteiger partial charge in [0.25, 0.3) is 0 Å². The van der Waals surface area contributed by atoms with Crippen LogP contribution in [0.5, 0.6) is 0 Å². The predicted octanol–water partition coefficient (Wildman–Crippen LogP) is 4.56. The summed E-state index contributed by atoms with van der Waals surface area (Å²) in [6, 6.07) is 3.80. The first-order valence-corrected chi connectivity index (χ1v) is 8.60. The first-order chi connectivity index (χ1) is 10.1. The van der Waals surface area contributed by atoms with Crippen LogP contribution in [0.15, 0.2) is 18.3 Å². The lowest BCUT2D eigenvalue weighted by molar-refractivity contribution is 0.623. The first-order valence-electron chi connectivity index (χ1n) is 7.41. The lowest BCUT2D eigenvalue weighted by atomic mass is 10.1. The second-order valence-electron chi connectivity index (χ2n) is 5.53. The average Bonchev–Trinajstić information content (AvgIpc) is 2.82. The topological polar surface area (TPSA) is 37.8 Å². The van der Waals surface area contributed by atoms with Gasteiger partial charge in [0.2, 0.25) is 0 Å². The number of aromatic nitrogens is 2. The van der Waals surface area contributed by atoms with Gasteiger partial charge in [-0.15, -0.1) is 11.3 Å². The highest BCUT2D eigenvalue weighted by molar-refractivity contribution is 7.15. The van der Waals surface area contributed by atoms with Gasteiger partial charge in [0.05, 0.1) is 16.4 Å². The van der Waals surface area contributed by atoms with Gasteiger partial charge in [0, 0.05) is 17.6 Å². The molecule has 0 bridgehead atoms. The smallest absolute Gasteiger partial charge is 0.142 e. The second kappa shape index (κ2) is 7.87. The summed E-state index contributed by atoms with van der Waals surface area (Å²) in [6.45, 7) is 8.55. The molecule has 2 rings (SSSR count). The number of hydrogen-bond donors (Lipinski definition) is 1. The van der Waals surface area contributed by atoms with E-state index >= 15 is 0 Å². The molecule has 5 heteroatoms. The van der Waals surface area contributed by atoms with Gasteiger partial charge in [-0.05, 0) is 37.4 Å². The van der Waals surface area contributed by atoms with Gasteiger partial charge in [-0.2, -0.15) is 0 Å². The van der Waals surface area contributed by atoms with Crippen molar-refractivity contribution in [1.82, 2.24) is 15.3 Å². The molecule has 0 saturated carbocycles. The SMILES string of the molecule is CCCNCc1sc(-c2ccc(Cl)cn2)nc1CC(C)C. The molecule has 2 aromatic heterocycles. The molecule has 0 aliphatic carbocycles. The molecule has 114 valence electrons. The molecule has 0 amide bonds. The largest absolute Gasteiger partial charge is 0.312 e. The Balaban J connectivity index is 2.23. The highest BCUT2D eigenvalue weighted by atomic mass is 35.5. The van der Waals surface area contributed by atoms with Crippen LogP contribution in [0.4, 0.5) is 0 Å². The number of rotatable bonds is 7. The van der Waals surface area contributed by atoms with Gasteiger partial charge >= 0.3 is 0 Å². The van der Waals surface area contributed by atoms with E-state index in [1.807, 2.05) is 12.1 Å². The van der Waals surface area contributed by atoms with E-state index in [1.54, 1.807) is 17.5 Å². The molecule has 0 saturated heterocycles. The van der Waals surface area contributed by atoms with Crippen LogP contribution in [0.3, 0.4) is 0 Å². The van der Waals surface area contributed by atoms with Gasteiger partial charge in [0.15, 0.2) is 0 Å². The Labute approximate surface area is 135 Å². The molecule has 2 heterocycles. The summed E-state index contributed by atoms with van der Waals surface area (Å²) in [5.74, 6) is 0.600. The third-order valence-corrected chi connectivity index (χ3v) is 4.38. The van der Waals surface area contributed by atoms with Crippen molar-refractivity contribution in [3.8, 4) is 10.7 Å². The molecular weight excluding hydrogens is 302 g/mol. The molecule has 21 heavy (non-hydrogen) atoms.